The Morgan fingerprint density at radius 3 is 2.53 bits per heavy atom. The van der Waals surface area contributed by atoms with E-state index in [1.165, 1.54) is 11.1 Å². The first-order chi connectivity index (χ1) is 7.86. The Morgan fingerprint density at radius 2 is 2.06 bits per heavy atom. The van der Waals surface area contributed by atoms with Gasteiger partial charge < -0.3 is 0 Å². The summed E-state index contributed by atoms with van der Waals surface area (Å²) < 4.78 is 25.9. The normalized spacial score (nSPS) is 10.5. The Morgan fingerprint density at radius 1 is 1.41 bits per heavy atom. The molecular weight excluding hydrogens is 268 g/mol. The van der Waals surface area contributed by atoms with Crippen molar-refractivity contribution < 1.29 is 13.0 Å². The summed E-state index contributed by atoms with van der Waals surface area (Å²) in [5, 5.41) is 11.8. The average molecular weight is 277 g/mol. The fourth-order valence-electron chi connectivity index (χ4n) is 0.886. The molecule has 0 radical (unpaired) electrons. The molecule has 2 aromatic rings. The lowest BCUT2D eigenvalue weighted by Gasteiger charge is -1.96. The fourth-order valence-corrected chi connectivity index (χ4v) is 1.07. The topological polar surface area (TPSA) is 98.0 Å². The molecule has 0 saturated heterocycles. The summed E-state index contributed by atoms with van der Waals surface area (Å²) in [6.07, 6.45) is 2.09. The number of benzene rings is 1. The van der Waals surface area contributed by atoms with Crippen LogP contribution >= 0.6 is 11.6 Å². The van der Waals surface area contributed by atoms with Crippen molar-refractivity contribution in [2.75, 3.05) is 6.26 Å². The van der Waals surface area contributed by atoms with Crippen molar-refractivity contribution in [1.82, 2.24) is 20.2 Å². The number of hydrogen-bond donors (Lipinski definition) is 1. The monoisotopic (exact) mass is 276 g/mol. The second-order valence-electron chi connectivity index (χ2n) is 2.94. The summed E-state index contributed by atoms with van der Waals surface area (Å²) >= 11 is 5.77. The molecule has 1 aromatic carbocycles. The van der Waals surface area contributed by atoms with Crippen LogP contribution in [0.25, 0.3) is 5.69 Å². The molecule has 0 amide bonds. The third-order valence-corrected chi connectivity index (χ3v) is 1.62. The number of halogens is 1. The summed E-state index contributed by atoms with van der Waals surface area (Å²) in [5.41, 5.74) is 0.806. The maximum absolute atomic E-state index is 9.19. The molecule has 1 N–H and O–H groups in total. The van der Waals surface area contributed by atoms with Gasteiger partial charge in [-0.3, -0.25) is 4.55 Å². The van der Waals surface area contributed by atoms with E-state index < -0.39 is 10.1 Å². The van der Waals surface area contributed by atoms with Gasteiger partial charge in [0, 0.05) is 5.02 Å². The Labute approximate surface area is 103 Å². The van der Waals surface area contributed by atoms with Crippen molar-refractivity contribution in [3.63, 3.8) is 0 Å². The summed E-state index contributed by atoms with van der Waals surface area (Å²) in [6.45, 7) is 0. The highest BCUT2D eigenvalue weighted by Gasteiger charge is 1.97. The molecule has 92 valence electrons. The van der Waals surface area contributed by atoms with Crippen molar-refractivity contribution in [3.05, 3.63) is 35.6 Å². The van der Waals surface area contributed by atoms with Crippen LogP contribution in [0.3, 0.4) is 0 Å². The SMILES string of the molecule is CS(=O)(=O)O.Clc1cccc(-n2ncnn2)c1. The van der Waals surface area contributed by atoms with E-state index in [0.717, 1.165) is 5.69 Å². The van der Waals surface area contributed by atoms with Crippen LogP contribution in [-0.2, 0) is 10.1 Å². The lowest BCUT2D eigenvalue weighted by atomic mass is 10.3. The molecule has 2 rings (SSSR count). The van der Waals surface area contributed by atoms with E-state index in [1.807, 2.05) is 12.1 Å². The zero-order chi connectivity index (χ0) is 12.9. The molecule has 0 aliphatic heterocycles. The first-order valence-electron chi connectivity index (χ1n) is 4.27. The van der Waals surface area contributed by atoms with Gasteiger partial charge in [-0.25, -0.2) is 0 Å². The van der Waals surface area contributed by atoms with Crippen molar-refractivity contribution in [2.45, 2.75) is 0 Å². The summed E-state index contributed by atoms with van der Waals surface area (Å²) in [5.74, 6) is 0. The minimum Gasteiger partial charge on any atom is -0.286 e. The third-order valence-electron chi connectivity index (χ3n) is 1.39. The smallest absolute Gasteiger partial charge is 0.261 e. The molecular formula is C8H9ClN4O3S. The molecule has 1 aromatic heterocycles. The van der Waals surface area contributed by atoms with Gasteiger partial charge in [0.2, 0.25) is 0 Å². The predicted octanol–water partition coefficient (Wildman–Crippen LogP) is 0.820. The van der Waals surface area contributed by atoms with Crippen molar-refractivity contribution in [3.8, 4) is 5.69 Å². The molecule has 1 heterocycles. The van der Waals surface area contributed by atoms with E-state index in [2.05, 4.69) is 15.4 Å². The minimum atomic E-state index is -3.67. The predicted molar refractivity (Wildman–Crippen MR) is 61.6 cm³/mol. The third kappa shape index (κ3) is 5.95. The van der Waals surface area contributed by atoms with Crippen molar-refractivity contribution in [1.29, 1.82) is 0 Å². The molecule has 0 bridgehead atoms. The molecule has 0 aliphatic rings. The van der Waals surface area contributed by atoms with Crippen LogP contribution in [0.15, 0.2) is 30.6 Å². The van der Waals surface area contributed by atoms with E-state index in [1.54, 1.807) is 12.1 Å². The summed E-state index contributed by atoms with van der Waals surface area (Å²) in [6, 6.07) is 7.25. The first-order valence-corrected chi connectivity index (χ1v) is 6.50. The van der Waals surface area contributed by atoms with Crippen molar-refractivity contribution >= 4 is 21.7 Å². The van der Waals surface area contributed by atoms with Crippen LogP contribution in [0.1, 0.15) is 0 Å². The van der Waals surface area contributed by atoms with Gasteiger partial charge in [-0.05, 0) is 23.4 Å². The lowest BCUT2D eigenvalue weighted by molar-refractivity contribution is 0.490. The zero-order valence-corrected chi connectivity index (χ0v) is 10.3. The van der Waals surface area contributed by atoms with Gasteiger partial charge in [0.1, 0.15) is 0 Å². The van der Waals surface area contributed by atoms with E-state index >= 15 is 0 Å². The Balaban J connectivity index is 0.000000249. The van der Waals surface area contributed by atoms with Crippen LogP contribution in [0.2, 0.25) is 5.02 Å². The molecule has 0 fully saturated rings. The second-order valence-corrected chi connectivity index (χ2v) is 4.84. The first kappa shape index (κ1) is 13.6. The van der Waals surface area contributed by atoms with Gasteiger partial charge in [0.15, 0.2) is 6.33 Å². The van der Waals surface area contributed by atoms with Crippen LogP contribution in [-0.4, -0.2) is 39.4 Å². The van der Waals surface area contributed by atoms with Crippen LogP contribution < -0.4 is 0 Å². The van der Waals surface area contributed by atoms with Gasteiger partial charge in [0.25, 0.3) is 10.1 Å². The Kier molecular flexibility index (Phi) is 4.55. The van der Waals surface area contributed by atoms with Gasteiger partial charge >= 0.3 is 0 Å². The largest absolute Gasteiger partial charge is 0.286 e. The molecule has 0 saturated carbocycles. The summed E-state index contributed by atoms with van der Waals surface area (Å²) in [7, 11) is -3.67. The average Bonchev–Trinajstić information content (AvgIpc) is 2.67. The van der Waals surface area contributed by atoms with Crippen LogP contribution in [0.4, 0.5) is 0 Å². The molecule has 7 nitrogen and oxygen atoms in total. The lowest BCUT2D eigenvalue weighted by Crippen LogP contribution is -1.97. The molecule has 0 aliphatic carbocycles. The Bertz CT molecular complexity index is 562. The minimum absolute atomic E-state index is 0.657. The van der Waals surface area contributed by atoms with Gasteiger partial charge in [-0.2, -0.15) is 8.42 Å². The van der Waals surface area contributed by atoms with Crippen LogP contribution in [0, 0.1) is 0 Å². The van der Waals surface area contributed by atoms with E-state index in [9.17, 15) is 8.42 Å². The second kappa shape index (κ2) is 5.71. The Hall–Kier alpha value is -1.51. The molecule has 0 spiro atoms. The molecule has 17 heavy (non-hydrogen) atoms. The van der Waals surface area contributed by atoms with E-state index in [4.69, 9.17) is 16.2 Å². The standard InChI is InChI=1S/C7H5ClN4.CH4O3S/c8-6-2-1-3-7(4-6)12-10-5-9-11-12;1-5(2,3)4/h1-5H;1H3,(H,2,3,4). The molecule has 0 atom stereocenters. The summed E-state index contributed by atoms with van der Waals surface area (Å²) in [4.78, 5) is 1.41. The van der Waals surface area contributed by atoms with Crippen LogP contribution in [0.5, 0.6) is 0 Å². The highest BCUT2D eigenvalue weighted by molar-refractivity contribution is 7.85. The van der Waals surface area contributed by atoms with Gasteiger partial charge in [-0.1, -0.05) is 17.7 Å². The maximum Gasteiger partial charge on any atom is 0.261 e. The number of rotatable bonds is 1. The van der Waals surface area contributed by atoms with Crippen molar-refractivity contribution in [2.24, 2.45) is 0 Å². The maximum atomic E-state index is 9.19. The number of aromatic nitrogens is 4. The van der Waals surface area contributed by atoms with E-state index in [-0.39, 0.29) is 0 Å². The van der Waals surface area contributed by atoms with Gasteiger partial charge in [-0.15, -0.1) is 15.0 Å². The highest BCUT2D eigenvalue weighted by Crippen LogP contribution is 2.12. The highest BCUT2D eigenvalue weighted by atomic mass is 35.5. The van der Waals surface area contributed by atoms with E-state index in [0.29, 0.717) is 11.3 Å². The number of tetrazole rings is 1. The molecule has 0 unspecified atom stereocenters. The quantitative estimate of drug-likeness (QED) is 0.774. The zero-order valence-electron chi connectivity index (χ0n) is 8.73. The number of nitrogens with zero attached hydrogens (tertiary/aromatic N) is 4. The fraction of sp³-hybridized carbons (Fsp3) is 0.125. The molecule has 9 heteroatoms. The number of hydrogen-bond acceptors (Lipinski definition) is 5. The van der Waals surface area contributed by atoms with Gasteiger partial charge in [0.05, 0.1) is 11.9 Å².